The summed E-state index contributed by atoms with van der Waals surface area (Å²) in [7, 11) is 0. The van der Waals surface area contributed by atoms with E-state index in [-0.39, 0.29) is 29.0 Å². The fraction of sp³-hybridized carbons (Fsp3) is 0.800. The van der Waals surface area contributed by atoms with Crippen LogP contribution in [0.3, 0.4) is 0 Å². The van der Waals surface area contributed by atoms with E-state index in [9.17, 15) is 15.3 Å². The summed E-state index contributed by atoms with van der Waals surface area (Å²) in [6.45, 7) is 6.92. The van der Waals surface area contributed by atoms with Crippen molar-refractivity contribution in [2.24, 2.45) is 70.0 Å². The molecule has 8 aliphatic rings. The Morgan fingerprint density at radius 3 is 2.59 bits per heavy atom. The Kier molecular flexibility index (Phi) is 6.68. The van der Waals surface area contributed by atoms with Crippen LogP contribution in [-0.2, 0) is 6.42 Å². The van der Waals surface area contributed by atoms with Gasteiger partial charge < -0.3 is 15.3 Å². The average molecular weight is 600 g/mol. The number of rotatable bonds is 2. The maximum absolute atomic E-state index is 12.3. The van der Waals surface area contributed by atoms with Crippen molar-refractivity contribution in [1.82, 2.24) is 4.90 Å². The fourth-order valence-corrected chi connectivity index (χ4v) is 14.8. The van der Waals surface area contributed by atoms with Crippen LogP contribution in [0.1, 0.15) is 90.0 Å². The number of hydrogen-bond donors (Lipinski definition) is 3. The highest BCUT2D eigenvalue weighted by molar-refractivity contribution is 5.26. The van der Waals surface area contributed by atoms with E-state index in [4.69, 9.17) is 0 Å². The van der Waals surface area contributed by atoms with Crippen molar-refractivity contribution >= 4 is 0 Å². The minimum Gasteiger partial charge on any atom is -0.393 e. The Bertz CT molecular complexity index is 1280. The van der Waals surface area contributed by atoms with Gasteiger partial charge in [0.25, 0.3) is 0 Å². The second-order valence-corrected chi connectivity index (χ2v) is 18.1. The Morgan fingerprint density at radius 1 is 0.909 bits per heavy atom. The second-order valence-electron chi connectivity index (χ2n) is 18.1. The van der Waals surface area contributed by atoms with Crippen LogP contribution in [0.25, 0.3) is 0 Å². The first kappa shape index (κ1) is 29.0. The number of allylic oxidation sites excluding steroid dienone is 2. The third-order valence-electron chi connectivity index (χ3n) is 16.2. The maximum Gasteiger partial charge on any atom is 0.0805 e. The molecule has 1 aromatic carbocycles. The molecule has 0 aromatic heterocycles. The fourth-order valence-electron chi connectivity index (χ4n) is 14.8. The predicted octanol–water partition coefficient (Wildman–Crippen LogP) is 6.48. The van der Waals surface area contributed by atoms with Crippen molar-refractivity contribution in [3.05, 3.63) is 48.0 Å². The summed E-state index contributed by atoms with van der Waals surface area (Å²) < 4.78 is 0. The molecule has 240 valence electrons. The number of hydrogen-bond acceptors (Lipinski definition) is 4. The maximum atomic E-state index is 12.3. The molecule has 4 nitrogen and oxygen atoms in total. The van der Waals surface area contributed by atoms with Crippen LogP contribution in [-0.4, -0.2) is 57.2 Å². The summed E-state index contributed by atoms with van der Waals surface area (Å²) in [6.07, 6.45) is 18.0. The molecule has 4 heteroatoms. The molecule has 9 rings (SSSR count). The number of nitrogens with zero attached hydrogens (tertiary/aromatic N) is 1. The molecule has 2 saturated heterocycles. The van der Waals surface area contributed by atoms with E-state index < -0.39 is 5.60 Å². The highest BCUT2D eigenvalue weighted by Gasteiger charge is 2.71. The van der Waals surface area contributed by atoms with Gasteiger partial charge in [-0.1, -0.05) is 49.4 Å². The van der Waals surface area contributed by atoms with Gasteiger partial charge in [-0.3, -0.25) is 4.90 Å². The van der Waals surface area contributed by atoms with Crippen molar-refractivity contribution < 1.29 is 15.3 Å². The molecule has 2 aliphatic heterocycles. The van der Waals surface area contributed by atoms with Crippen molar-refractivity contribution in [1.29, 1.82) is 0 Å². The average Bonchev–Trinajstić information content (AvgIpc) is 3.55. The molecule has 5 saturated carbocycles. The lowest BCUT2D eigenvalue weighted by Crippen LogP contribution is -2.67. The van der Waals surface area contributed by atoms with Crippen LogP contribution < -0.4 is 0 Å². The molecule has 2 spiro atoms. The van der Waals surface area contributed by atoms with Gasteiger partial charge in [0.05, 0.1) is 17.8 Å². The zero-order valence-corrected chi connectivity index (χ0v) is 27.2. The first-order chi connectivity index (χ1) is 21.2. The van der Waals surface area contributed by atoms with Crippen LogP contribution in [0.5, 0.6) is 0 Å². The SMILES string of the molecule is CC1CCC2N(C1)CC1C3C4C=CCC56CC7(CCC(Cc8ccccc8)C7)C(O)CC5C(O)CC(C3CCC1C2(C)O)C46. The first-order valence-electron chi connectivity index (χ1n) is 18.7. The van der Waals surface area contributed by atoms with Crippen LogP contribution in [0.2, 0.25) is 0 Å². The molecule has 16 atom stereocenters. The molecule has 1 aromatic rings. The first-order valence-corrected chi connectivity index (χ1v) is 18.7. The molecule has 0 amide bonds. The van der Waals surface area contributed by atoms with Gasteiger partial charge in [-0.25, -0.2) is 0 Å². The molecule has 44 heavy (non-hydrogen) atoms. The largest absolute Gasteiger partial charge is 0.393 e. The summed E-state index contributed by atoms with van der Waals surface area (Å²) >= 11 is 0. The number of piperidine rings is 2. The quantitative estimate of drug-likeness (QED) is 0.341. The summed E-state index contributed by atoms with van der Waals surface area (Å²) in [5.74, 6) is 5.66. The highest BCUT2D eigenvalue weighted by atomic mass is 16.3. The third-order valence-corrected chi connectivity index (χ3v) is 16.2. The summed E-state index contributed by atoms with van der Waals surface area (Å²) in [5.41, 5.74) is 0.966. The molecule has 0 bridgehead atoms. The third kappa shape index (κ3) is 4.02. The molecular formula is C40H57NO3. The van der Waals surface area contributed by atoms with Gasteiger partial charge in [-0.2, -0.15) is 0 Å². The molecule has 2 heterocycles. The molecule has 16 unspecified atom stereocenters. The minimum atomic E-state index is -0.601. The van der Waals surface area contributed by atoms with E-state index in [1.807, 2.05) is 0 Å². The van der Waals surface area contributed by atoms with E-state index in [0.29, 0.717) is 53.4 Å². The Labute approximate surface area is 265 Å². The standard InChI is InChI=1S/C40H57NO3/c1-24-10-13-34-38(2,44)31-12-11-27-29-18-33(42)32-19-35(43)39(16-14-26(20-39)17-25-7-4-3-5-8-25)23-40(32)15-6-9-28(37(29)40)36(27)30(31)22-41(34)21-24/h3-9,24,26-37,42-44H,10-23H2,1-2H3. The number of fused-ring (bicyclic) bond motifs is 6. The van der Waals surface area contributed by atoms with Gasteiger partial charge >= 0.3 is 0 Å². The van der Waals surface area contributed by atoms with Gasteiger partial charge in [-0.15, -0.1) is 0 Å². The van der Waals surface area contributed by atoms with Crippen molar-refractivity contribution in [3.63, 3.8) is 0 Å². The topological polar surface area (TPSA) is 63.9 Å². The molecule has 7 fully saturated rings. The van der Waals surface area contributed by atoms with Crippen LogP contribution in [0.4, 0.5) is 0 Å². The molecule has 3 N–H and O–H groups in total. The molecular weight excluding hydrogens is 542 g/mol. The Balaban J connectivity index is 1.05. The highest BCUT2D eigenvalue weighted by Crippen LogP contribution is 2.74. The smallest absolute Gasteiger partial charge is 0.0805 e. The van der Waals surface area contributed by atoms with Gasteiger partial charge in [-0.05, 0) is 160 Å². The van der Waals surface area contributed by atoms with Gasteiger partial charge in [0.15, 0.2) is 0 Å². The Hall–Kier alpha value is -1.20. The lowest BCUT2D eigenvalue weighted by molar-refractivity contribution is -0.189. The van der Waals surface area contributed by atoms with Crippen molar-refractivity contribution in [2.75, 3.05) is 13.1 Å². The summed E-state index contributed by atoms with van der Waals surface area (Å²) in [5, 5.41) is 36.1. The van der Waals surface area contributed by atoms with Gasteiger partial charge in [0.2, 0.25) is 0 Å². The van der Waals surface area contributed by atoms with Gasteiger partial charge in [0.1, 0.15) is 0 Å². The predicted molar refractivity (Wildman–Crippen MR) is 174 cm³/mol. The van der Waals surface area contributed by atoms with Gasteiger partial charge in [0, 0.05) is 19.1 Å². The minimum absolute atomic E-state index is 0.00918. The lowest BCUT2D eigenvalue weighted by atomic mass is 9.42. The van der Waals surface area contributed by atoms with E-state index in [2.05, 4.69) is 61.2 Å². The summed E-state index contributed by atoms with van der Waals surface area (Å²) in [6, 6.07) is 11.3. The zero-order valence-electron chi connectivity index (χ0n) is 27.2. The van der Waals surface area contributed by atoms with Crippen molar-refractivity contribution in [2.45, 2.75) is 115 Å². The zero-order chi connectivity index (χ0) is 30.0. The van der Waals surface area contributed by atoms with Crippen LogP contribution >= 0.6 is 0 Å². The van der Waals surface area contributed by atoms with Crippen LogP contribution in [0, 0.1) is 70.0 Å². The van der Waals surface area contributed by atoms with Crippen molar-refractivity contribution in [3.8, 4) is 0 Å². The molecule has 6 aliphatic carbocycles. The number of benzene rings is 1. The van der Waals surface area contributed by atoms with E-state index >= 15 is 0 Å². The number of aliphatic hydroxyl groups excluding tert-OH is 2. The monoisotopic (exact) mass is 599 g/mol. The van der Waals surface area contributed by atoms with Crippen LogP contribution in [0.15, 0.2) is 42.5 Å². The van der Waals surface area contributed by atoms with E-state index in [1.54, 1.807) is 0 Å². The van der Waals surface area contributed by atoms with E-state index in [0.717, 1.165) is 70.3 Å². The number of aliphatic hydroxyl groups is 3. The second kappa shape index (κ2) is 10.1. The molecule has 0 radical (unpaired) electrons. The lowest BCUT2D eigenvalue weighted by Gasteiger charge is -2.63. The normalized spacial score (nSPS) is 56.0. The summed E-state index contributed by atoms with van der Waals surface area (Å²) in [4.78, 5) is 2.72. The Morgan fingerprint density at radius 2 is 1.75 bits per heavy atom. The van der Waals surface area contributed by atoms with E-state index in [1.165, 1.54) is 31.4 Å².